The second-order valence-electron chi connectivity index (χ2n) is 5.07. The van der Waals surface area contributed by atoms with Gasteiger partial charge in [-0.1, -0.05) is 0 Å². The topological polar surface area (TPSA) is 67.9 Å². The summed E-state index contributed by atoms with van der Waals surface area (Å²) in [6.45, 7) is 0.743. The molecular weight excluding hydrogens is 340 g/mol. The van der Waals surface area contributed by atoms with Gasteiger partial charge in [0.2, 0.25) is 18.6 Å². The Morgan fingerprint density at radius 2 is 2.19 bits per heavy atom. The number of likely N-dealkylation sites (tertiary alicyclic amines) is 1. The summed E-state index contributed by atoms with van der Waals surface area (Å²) in [5.41, 5.74) is 0.985. The fourth-order valence-electron chi connectivity index (χ4n) is 2.47. The Morgan fingerprint density at radius 3 is 3.00 bits per heavy atom. The molecule has 0 aromatic heterocycles. The van der Waals surface area contributed by atoms with Crippen LogP contribution in [0.2, 0.25) is 0 Å². The molecule has 0 bridgehead atoms. The number of fused-ring (bicyclic) bond motifs is 1. The first-order valence-electron chi connectivity index (χ1n) is 6.68. The molecule has 7 heteroatoms. The fraction of sp³-hybridized carbons (Fsp3) is 0.429. The number of halogens is 1. The number of carbonyl (C=O) groups is 2. The molecular formula is C14H15BrN2O4. The van der Waals surface area contributed by atoms with Gasteiger partial charge in [-0.05, 0) is 40.0 Å². The number of hydrogen-bond donors (Lipinski definition) is 1. The van der Waals surface area contributed by atoms with Crippen LogP contribution in [0.25, 0.3) is 0 Å². The van der Waals surface area contributed by atoms with Gasteiger partial charge >= 0.3 is 0 Å². The quantitative estimate of drug-likeness (QED) is 0.831. The zero-order valence-electron chi connectivity index (χ0n) is 11.5. The van der Waals surface area contributed by atoms with Crippen LogP contribution in [0.1, 0.15) is 18.4 Å². The molecule has 2 amide bonds. The Hall–Kier alpha value is -1.60. The number of rotatable bonds is 3. The van der Waals surface area contributed by atoms with Crippen molar-refractivity contribution in [1.29, 1.82) is 0 Å². The van der Waals surface area contributed by atoms with Gasteiger partial charge in [0.1, 0.15) is 0 Å². The van der Waals surface area contributed by atoms with E-state index in [1.165, 1.54) is 11.9 Å². The average Bonchev–Trinajstić information content (AvgIpc) is 2.93. The summed E-state index contributed by atoms with van der Waals surface area (Å²) in [5, 5.41) is 3.20. The van der Waals surface area contributed by atoms with Crippen molar-refractivity contribution >= 4 is 27.7 Å². The van der Waals surface area contributed by atoms with Crippen LogP contribution in [0.4, 0.5) is 0 Å². The third kappa shape index (κ3) is 2.75. The van der Waals surface area contributed by atoms with Crippen molar-refractivity contribution in [1.82, 2.24) is 10.2 Å². The minimum Gasteiger partial charge on any atom is -0.454 e. The standard InChI is InChI=1S/C14H15BrN2O4/c1-17-12(18)3-2-10(14(17)19)16-6-8-4-9(15)13-11(5-8)20-7-21-13/h4-5,10,16H,2-3,6-7H2,1H3. The number of hydrogen-bond acceptors (Lipinski definition) is 5. The maximum atomic E-state index is 12.0. The van der Waals surface area contributed by atoms with Gasteiger partial charge in [-0.2, -0.15) is 0 Å². The van der Waals surface area contributed by atoms with E-state index in [1.54, 1.807) is 0 Å². The van der Waals surface area contributed by atoms with Crippen LogP contribution >= 0.6 is 15.9 Å². The SMILES string of the molecule is CN1C(=O)CCC(NCc2cc(Br)c3c(c2)OCO3)C1=O. The van der Waals surface area contributed by atoms with Crippen LogP contribution in [0.5, 0.6) is 11.5 Å². The molecule has 1 aromatic rings. The highest BCUT2D eigenvalue weighted by Gasteiger charge is 2.31. The van der Waals surface area contributed by atoms with Crippen molar-refractivity contribution in [3.05, 3.63) is 22.2 Å². The second-order valence-corrected chi connectivity index (χ2v) is 5.93. The Bertz CT molecular complexity index is 605. The number of imide groups is 1. The number of nitrogens with zero attached hydrogens (tertiary/aromatic N) is 1. The summed E-state index contributed by atoms with van der Waals surface area (Å²) in [6, 6.07) is 3.50. The lowest BCUT2D eigenvalue weighted by molar-refractivity contribution is -0.148. The highest BCUT2D eigenvalue weighted by atomic mass is 79.9. The molecule has 2 aliphatic rings. The molecule has 0 radical (unpaired) electrons. The normalized spacial score (nSPS) is 21.0. The van der Waals surface area contributed by atoms with Crippen molar-refractivity contribution in [2.45, 2.75) is 25.4 Å². The molecule has 2 aliphatic heterocycles. The second kappa shape index (κ2) is 5.65. The molecule has 2 heterocycles. The molecule has 1 fully saturated rings. The Kier molecular flexibility index (Phi) is 3.86. The molecule has 1 aromatic carbocycles. The maximum absolute atomic E-state index is 12.0. The Balaban J connectivity index is 1.67. The summed E-state index contributed by atoms with van der Waals surface area (Å²) < 4.78 is 11.5. The molecule has 0 aliphatic carbocycles. The van der Waals surface area contributed by atoms with Gasteiger partial charge in [0, 0.05) is 20.0 Å². The van der Waals surface area contributed by atoms with Crippen LogP contribution in [0.15, 0.2) is 16.6 Å². The van der Waals surface area contributed by atoms with Gasteiger partial charge in [0.25, 0.3) is 0 Å². The van der Waals surface area contributed by atoms with E-state index in [0.29, 0.717) is 30.9 Å². The number of carbonyl (C=O) groups excluding carboxylic acids is 2. The van der Waals surface area contributed by atoms with E-state index in [0.717, 1.165) is 10.0 Å². The van der Waals surface area contributed by atoms with Crippen molar-refractivity contribution < 1.29 is 19.1 Å². The summed E-state index contributed by atoms with van der Waals surface area (Å²) in [7, 11) is 1.52. The molecule has 21 heavy (non-hydrogen) atoms. The van der Waals surface area contributed by atoms with Gasteiger partial charge in [-0.15, -0.1) is 0 Å². The molecule has 1 N–H and O–H groups in total. The Morgan fingerprint density at radius 1 is 1.38 bits per heavy atom. The third-order valence-electron chi connectivity index (χ3n) is 3.69. The maximum Gasteiger partial charge on any atom is 0.246 e. The van der Waals surface area contributed by atoms with Crippen LogP contribution < -0.4 is 14.8 Å². The van der Waals surface area contributed by atoms with Crippen molar-refractivity contribution in [2.75, 3.05) is 13.8 Å². The van der Waals surface area contributed by atoms with Crippen molar-refractivity contribution in [3.8, 4) is 11.5 Å². The zero-order valence-corrected chi connectivity index (χ0v) is 13.1. The summed E-state index contributed by atoms with van der Waals surface area (Å²) in [5.74, 6) is 1.11. The molecule has 3 rings (SSSR count). The van der Waals surface area contributed by atoms with E-state index < -0.39 is 0 Å². The lowest BCUT2D eigenvalue weighted by Gasteiger charge is -2.28. The minimum atomic E-state index is -0.322. The van der Waals surface area contributed by atoms with Crippen LogP contribution in [-0.4, -0.2) is 36.6 Å². The van der Waals surface area contributed by atoms with E-state index in [9.17, 15) is 9.59 Å². The van der Waals surface area contributed by atoms with E-state index in [1.807, 2.05) is 12.1 Å². The van der Waals surface area contributed by atoms with E-state index in [-0.39, 0.29) is 24.6 Å². The number of likely N-dealkylation sites (N-methyl/N-ethyl adjacent to an activating group) is 1. The lowest BCUT2D eigenvalue weighted by Crippen LogP contribution is -2.51. The fourth-order valence-corrected chi connectivity index (χ4v) is 3.07. The predicted octanol–water partition coefficient (Wildman–Crippen LogP) is 1.41. The zero-order chi connectivity index (χ0) is 15.0. The van der Waals surface area contributed by atoms with Crippen LogP contribution in [0.3, 0.4) is 0 Å². The van der Waals surface area contributed by atoms with Gasteiger partial charge in [-0.25, -0.2) is 0 Å². The number of benzene rings is 1. The summed E-state index contributed by atoms with van der Waals surface area (Å²) >= 11 is 3.44. The van der Waals surface area contributed by atoms with Crippen molar-refractivity contribution in [2.24, 2.45) is 0 Å². The molecule has 0 spiro atoms. The smallest absolute Gasteiger partial charge is 0.246 e. The van der Waals surface area contributed by atoms with Gasteiger partial charge in [-0.3, -0.25) is 14.5 Å². The molecule has 1 unspecified atom stereocenters. The highest BCUT2D eigenvalue weighted by molar-refractivity contribution is 9.10. The number of piperidine rings is 1. The van der Waals surface area contributed by atoms with Crippen molar-refractivity contribution in [3.63, 3.8) is 0 Å². The number of amides is 2. The van der Waals surface area contributed by atoms with Crippen LogP contribution in [0, 0.1) is 0 Å². The first-order valence-corrected chi connectivity index (χ1v) is 7.47. The van der Waals surface area contributed by atoms with Gasteiger partial charge < -0.3 is 14.8 Å². The molecule has 112 valence electrons. The largest absolute Gasteiger partial charge is 0.454 e. The summed E-state index contributed by atoms with van der Waals surface area (Å²) in [6.07, 6.45) is 0.929. The van der Waals surface area contributed by atoms with E-state index in [4.69, 9.17) is 9.47 Å². The first kappa shape index (κ1) is 14.3. The molecule has 1 saturated heterocycles. The molecule has 0 saturated carbocycles. The van der Waals surface area contributed by atoms with Crippen LogP contribution in [-0.2, 0) is 16.1 Å². The third-order valence-corrected chi connectivity index (χ3v) is 4.28. The average molecular weight is 355 g/mol. The number of ether oxygens (including phenoxy) is 2. The predicted molar refractivity (Wildman–Crippen MR) is 77.9 cm³/mol. The monoisotopic (exact) mass is 354 g/mol. The van der Waals surface area contributed by atoms with E-state index >= 15 is 0 Å². The number of nitrogens with one attached hydrogen (secondary N) is 1. The summed E-state index contributed by atoms with van der Waals surface area (Å²) in [4.78, 5) is 24.6. The highest BCUT2D eigenvalue weighted by Crippen LogP contribution is 2.39. The Labute approximate surface area is 130 Å². The lowest BCUT2D eigenvalue weighted by atomic mass is 10.0. The van der Waals surface area contributed by atoms with E-state index in [2.05, 4.69) is 21.2 Å². The van der Waals surface area contributed by atoms with Gasteiger partial charge in [0.15, 0.2) is 11.5 Å². The molecule has 6 nitrogen and oxygen atoms in total. The van der Waals surface area contributed by atoms with Gasteiger partial charge in [0.05, 0.1) is 10.5 Å². The molecule has 1 atom stereocenters. The first-order chi connectivity index (χ1) is 10.1. The minimum absolute atomic E-state index is 0.121.